The van der Waals surface area contributed by atoms with Crippen molar-refractivity contribution in [2.45, 2.75) is 0 Å². The van der Waals surface area contributed by atoms with Gasteiger partial charge in [0.2, 0.25) is 5.91 Å². The predicted octanol–water partition coefficient (Wildman–Crippen LogP) is 1.98. The summed E-state index contributed by atoms with van der Waals surface area (Å²) < 4.78 is 0. The van der Waals surface area contributed by atoms with Crippen LogP contribution in [-0.4, -0.2) is 24.2 Å². The summed E-state index contributed by atoms with van der Waals surface area (Å²) >= 11 is 11.7. The van der Waals surface area contributed by atoms with Crippen LogP contribution in [0.5, 0.6) is 0 Å². The van der Waals surface area contributed by atoms with Crippen LogP contribution < -0.4 is 15.5 Å². The van der Waals surface area contributed by atoms with E-state index in [0.29, 0.717) is 34.3 Å². The molecule has 108 valence electrons. The van der Waals surface area contributed by atoms with Crippen LogP contribution in [0.15, 0.2) is 41.9 Å². The number of hydrogen-bond acceptors (Lipinski definition) is 3. The highest BCUT2D eigenvalue weighted by molar-refractivity contribution is 6.32. The summed E-state index contributed by atoms with van der Waals surface area (Å²) in [6, 6.07) is 4.78. The molecule has 0 aromatic heterocycles. The molecule has 0 spiro atoms. The minimum absolute atomic E-state index is 0.206. The number of benzene rings is 1. The van der Waals surface area contributed by atoms with Gasteiger partial charge < -0.3 is 10.6 Å². The highest BCUT2D eigenvalue weighted by Crippen LogP contribution is 2.31. The lowest BCUT2D eigenvalue weighted by Gasteiger charge is -2.27. The fourth-order valence-electron chi connectivity index (χ4n) is 2.32. The van der Waals surface area contributed by atoms with Gasteiger partial charge in [-0.3, -0.25) is 14.5 Å². The maximum Gasteiger partial charge on any atom is 0.257 e. The van der Waals surface area contributed by atoms with E-state index in [9.17, 15) is 9.59 Å². The number of carbonyl (C=O) groups excluding carboxylic acids is 2. The van der Waals surface area contributed by atoms with Crippen LogP contribution in [0.4, 0.5) is 5.69 Å². The molecule has 1 aromatic carbocycles. The second-order valence-electron chi connectivity index (χ2n) is 4.52. The standard InChI is InChI=1S/C14H11Cl2N3O2/c15-7-12(20)19-11-6-8(16)3-4-9(11)14(21)18-10-2-1-5-17-13(10)19/h1-4,6,17H,5,7H2,(H,18,21). The average Bonchev–Trinajstić information content (AvgIpc) is 2.60. The normalized spacial score (nSPS) is 16.7. The minimum atomic E-state index is -0.341. The molecule has 0 aliphatic carbocycles. The van der Waals surface area contributed by atoms with E-state index < -0.39 is 0 Å². The van der Waals surface area contributed by atoms with Gasteiger partial charge in [-0.2, -0.15) is 0 Å². The Morgan fingerprint density at radius 2 is 2.19 bits per heavy atom. The Morgan fingerprint density at radius 3 is 2.95 bits per heavy atom. The summed E-state index contributed by atoms with van der Waals surface area (Å²) in [7, 11) is 0. The first-order chi connectivity index (χ1) is 10.1. The van der Waals surface area contributed by atoms with E-state index in [0.717, 1.165) is 0 Å². The zero-order valence-electron chi connectivity index (χ0n) is 10.8. The zero-order chi connectivity index (χ0) is 15.0. The lowest BCUT2D eigenvalue weighted by atomic mass is 10.1. The predicted molar refractivity (Wildman–Crippen MR) is 81.3 cm³/mol. The Labute approximate surface area is 131 Å². The molecule has 0 unspecified atom stereocenters. The molecule has 0 atom stereocenters. The van der Waals surface area contributed by atoms with Gasteiger partial charge in [0.05, 0.1) is 16.9 Å². The molecule has 0 bridgehead atoms. The topological polar surface area (TPSA) is 61.4 Å². The number of hydrogen-bond donors (Lipinski definition) is 2. The van der Waals surface area contributed by atoms with Gasteiger partial charge in [-0.05, 0) is 24.3 Å². The lowest BCUT2D eigenvalue weighted by Crippen LogP contribution is -2.40. The number of carbonyl (C=O) groups is 2. The van der Waals surface area contributed by atoms with Gasteiger partial charge in [0.15, 0.2) is 0 Å². The summed E-state index contributed by atoms with van der Waals surface area (Å²) in [5, 5.41) is 6.30. The van der Waals surface area contributed by atoms with Gasteiger partial charge in [-0.15, -0.1) is 11.6 Å². The fraction of sp³-hybridized carbons (Fsp3) is 0.143. The largest absolute Gasteiger partial charge is 0.366 e. The van der Waals surface area contributed by atoms with Crippen molar-refractivity contribution in [2.24, 2.45) is 0 Å². The Morgan fingerprint density at radius 1 is 1.38 bits per heavy atom. The zero-order valence-corrected chi connectivity index (χ0v) is 12.3. The maximum atomic E-state index is 12.3. The van der Waals surface area contributed by atoms with E-state index in [1.807, 2.05) is 6.08 Å². The summed E-state index contributed by atoms with van der Waals surface area (Å²) in [6.45, 7) is 0.552. The average molecular weight is 324 g/mol. The highest BCUT2D eigenvalue weighted by Gasteiger charge is 2.31. The number of nitrogens with zero attached hydrogens (tertiary/aromatic N) is 1. The number of halogens is 2. The van der Waals surface area contributed by atoms with E-state index in [4.69, 9.17) is 23.2 Å². The Bertz CT molecular complexity index is 697. The van der Waals surface area contributed by atoms with E-state index in [2.05, 4.69) is 10.6 Å². The molecule has 1 aromatic rings. The smallest absolute Gasteiger partial charge is 0.257 e. The molecule has 0 fully saturated rings. The summed E-state index contributed by atoms with van der Waals surface area (Å²) in [5.74, 6) is -0.348. The van der Waals surface area contributed by atoms with Crippen molar-refractivity contribution in [1.29, 1.82) is 0 Å². The number of amides is 2. The summed E-state index contributed by atoms with van der Waals surface area (Å²) in [4.78, 5) is 26.0. The third-order valence-electron chi connectivity index (χ3n) is 3.21. The minimum Gasteiger partial charge on any atom is -0.366 e. The highest BCUT2D eigenvalue weighted by atomic mass is 35.5. The third kappa shape index (κ3) is 2.39. The third-order valence-corrected chi connectivity index (χ3v) is 3.67. The van der Waals surface area contributed by atoms with Crippen molar-refractivity contribution in [2.75, 3.05) is 17.3 Å². The molecule has 2 heterocycles. The lowest BCUT2D eigenvalue weighted by molar-refractivity contribution is -0.115. The number of anilines is 1. The molecule has 0 saturated carbocycles. The molecule has 5 nitrogen and oxygen atoms in total. The molecule has 21 heavy (non-hydrogen) atoms. The number of fused-ring (bicyclic) bond motifs is 1. The van der Waals surface area contributed by atoms with Crippen LogP contribution in [0.25, 0.3) is 0 Å². The van der Waals surface area contributed by atoms with Gasteiger partial charge in [0, 0.05) is 11.6 Å². The van der Waals surface area contributed by atoms with E-state index in [1.54, 1.807) is 24.3 Å². The second kappa shape index (κ2) is 5.42. The van der Waals surface area contributed by atoms with Crippen molar-refractivity contribution >= 4 is 40.7 Å². The van der Waals surface area contributed by atoms with Crippen LogP contribution in [0.3, 0.4) is 0 Å². The van der Waals surface area contributed by atoms with Crippen LogP contribution in [0.1, 0.15) is 10.4 Å². The number of alkyl halides is 1. The molecule has 0 radical (unpaired) electrons. The summed E-state index contributed by atoms with van der Waals surface area (Å²) in [5.41, 5.74) is 1.30. The number of allylic oxidation sites excluding steroid dienone is 1. The van der Waals surface area contributed by atoms with E-state index >= 15 is 0 Å². The van der Waals surface area contributed by atoms with Gasteiger partial charge in [-0.1, -0.05) is 17.7 Å². The Hall–Kier alpha value is -1.98. The molecule has 7 heteroatoms. The molecule has 2 amide bonds. The first-order valence-electron chi connectivity index (χ1n) is 6.26. The van der Waals surface area contributed by atoms with Crippen molar-refractivity contribution in [3.63, 3.8) is 0 Å². The van der Waals surface area contributed by atoms with Crippen LogP contribution in [0.2, 0.25) is 5.02 Å². The van der Waals surface area contributed by atoms with Crippen molar-refractivity contribution < 1.29 is 9.59 Å². The van der Waals surface area contributed by atoms with Gasteiger partial charge in [0.1, 0.15) is 11.7 Å². The number of rotatable bonds is 1. The monoisotopic (exact) mass is 323 g/mol. The number of dihydropyridines is 1. The molecular formula is C14H11Cl2N3O2. The fourth-order valence-corrected chi connectivity index (χ4v) is 2.60. The van der Waals surface area contributed by atoms with Crippen molar-refractivity contribution in [3.05, 3.63) is 52.5 Å². The molecule has 0 saturated heterocycles. The van der Waals surface area contributed by atoms with Crippen molar-refractivity contribution in [1.82, 2.24) is 10.6 Å². The van der Waals surface area contributed by atoms with Gasteiger partial charge in [0.25, 0.3) is 5.91 Å². The van der Waals surface area contributed by atoms with Crippen LogP contribution in [0, 0.1) is 0 Å². The number of nitrogens with one attached hydrogen (secondary N) is 2. The van der Waals surface area contributed by atoms with Crippen molar-refractivity contribution in [3.8, 4) is 0 Å². The van der Waals surface area contributed by atoms with E-state index in [-0.39, 0.29) is 17.7 Å². The molecule has 3 rings (SSSR count). The van der Waals surface area contributed by atoms with Crippen LogP contribution in [-0.2, 0) is 4.79 Å². The molecule has 2 N–H and O–H groups in total. The maximum absolute atomic E-state index is 12.3. The Balaban J connectivity index is 2.25. The molecular weight excluding hydrogens is 313 g/mol. The Kier molecular flexibility index (Phi) is 3.61. The van der Waals surface area contributed by atoms with Gasteiger partial charge in [-0.25, -0.2) is 0 Å². The molecule has 2 aliphatic heterocycles. The molecule has 2 aliphatic rings. The van der Waals surface area contributed by atoms with Crippen LogP contribution >= 0.6 is 23.2 Å². The first-order valence-corrected chi connectivity index (χ1v) is 7.17. The SMILES string of the molecule is O=C1NC2=C(NCC=C2)N(C(=O)CCl)c2cc(Cl)ccc21. The second-order valence-corrected chi connectivity index (χ2v) is 5.23. The first kappa shape index (κ1) is 14.0. The van der Waals surface area contributed by atoms with Gasteiger partial charge >= 0.3 is 0 Å². The quantitative estimate of drug-likeness (QED) is 0.777. The van der Waals surface area contributed by atoms with E-state index in [1.165, 1.54) is 4.90 Å². The summed E-state index contributed by atoms with van der Waals surface area (Å²) in [6.07, 6.45) is 3.61.